The summed E-state index contributed by atoms with van der Waals surface area (Å²) >= 11 is 11.9. The first-order valence-corrected chi connectivity index (χ1v) is 7.19. The SMILES string of the molecule is CC(CCN)CCc1nc(-c2ncc(Cl)cc2Cl)no1. The zero-order chi connectivity index (χ0) is 14.5. The molecule has 2 rings (SSSR count). The van der Waals surface area contributed by atoms with Gasteiger partial charge in [-0.2, -0.15) is 4.98 Å². The monoisotopic (exact) mass is 314 g/mol. The Bertz CT molecular complexity index is 573. The molecule has 108 valence electrons. The van der Waals surface area contributed by atoms with Crippen LogP contribution in [-0.2, 0) is 6.42 Å². The van der Waals surface area contributed by atoms with E-state index in [1.807, 2.05) is 0 Å². The lowest BCUT2D eigenvalue weighted by Gasteiger charge is -2.06. The van der Waals surface area contributed by atoms with Crippen molar-refractivity contribution in [1.29, 1.82) is 0 Å². The number of aryl methyl sites for hydroxylation is 1. The van der Waals surface area contributed by atoms with Crippen LogP contribution in [0.15, 0.2) is 16.8 Å². The van der Waals surface area contributed by atoms with Crippen LogP contribution in [0.3, 0.4) is 0 Å². The fraction of sp³-hybridized carbons (Fsp3) is 0.462. The molecular formula is C13H16Cl2N4O. The Morgan fingerprint density at radius 2 is 2.15 bits per heavy atom. The molecule has 0 saturated heterocycles. The number of aromatic nitrogens is 3. The van der Waals surface area contributed by atoms with E-state index in [0.717, 1.165) is 19.3 Å². The Balaban J connectivity index is 2.05. The highest BCUT2D eigenvalue weighted by Gasteiger charge is 2.14. The zero-order valence-corrected chi connectivity index (χ0v) is 12.7. The molecule has 1 atom stereocenters. The van der Waals surface area contributed by atoms with Crippen molar-refractivity contribution >= 4 is 23.2 Å². The molecule has 2 N–H and O–H groups in total. The minimum atomic E-state index is 0.383. The second kappa shape index (κ2) is 7.02. The molecule has 5 nitrogen and oxygen atoms in total. The van der Waals surface area contributed by atoms with E-state index in [9.17, 15) is 0 Å². The Hall–Kier alpha value is -1.17. The van der Waals surface area contributed by atoms with Crippen LogP contribution in [0.4, 0.5) is 0 Å². The molecule has 2 aromatic rings. The van der Waals surface area contributed by atoms with Crippen LogP contribution in [0.25, 0.3) is 11.5 Å². The number of halogens is 2. The largest absolute Gasteiger partial charge is 0.339 e. The van der Waals surface area contributed by atoms with Gasteiger partial charge in [0, 0.05) is 12.6 Å². The van der Waals surface area contributed by atoms with Crippen LogP contribution in [-0.4, -0.2) is 21.7 Å². The summed E-state index contributed by atoms with van der Waals surface area (Å²) in [5.41, 5.74) is 6.00. The van der Waals surface area contributed by atoms with Crippen molar-refractivity contribution in [2.24, 2.45) is 11.7 Å². The highest BCUT2D eigenvalue weighted by Crippen LogP contribution is 2.26. The van der Waals surface area contributed by atoms with Gasteiger partial charge in [-0.3, -0.25) is 0 Å². The van der Waals surface area contributed by atoms with Gasteiger partial charge in [0.2, 0.25) is 11.7 Å². The third-order valence-corrected chi connectivity index (χ3v) is 3.49. The summed E-state index contributed by atoms with van der Waals surface area (Å²) in [5, 5.41) is 4.77. The number of pyridine rings is 1. The molecule has 1 unspecified atom stereocenters. The summed E-state index contributed by atoms with van der Waals surface area (Å²) in [6.45, 7) is 2.85. The Labute approximate surface area is 127 Å². The molecule has 7 heteroatoms. The molecule has 0 radical (unpaired) electrons. The van der Waals surface area contributed by atoms with Gasteiger partial charge in [0.1, 0.15) is 5.69 Å². The minimum absolute atomic E-state index is 0.383. The maximum atomic E-state index is 6.06. The average molecular weight is 315 g/mol. The van der Waals surface area contributed by atoms with Crippen molar-refractivity contribution in [1.82, 2.24) is 15.1 Å². The average Bonchev–Trinajstić information content (AvgIpc) is 2.85. The molecule has 0 saturated carbocycles. The summed E-state index contributed by atoms with van der Waals surface area (Å²) < 4.78 is 5.21. The number of hydrogen-bond acceptors (Lipinski definition) is 5. The molecule has 0 spiro atoms. The Morgan fingerprint density at radius 3 is 2.85 bits per heavy atom. The van der Waals surface area contributed by atoms with Crippen LogP contribution >= 0.6 is 23.2 Å². The molecule has 0 aromatic carbocycles. The standard InChI is InChI=1S/C13H16Cl2N4O/c1-8(4-5-16)2-3-11-18-13(19-20-11)12-10(15)6-9(14)7-17-12/h6-8H,2-5,16H2,1H3. The summed E-state index contributed by atoms with van der Waals surface area (Å²) in [5.74, 6) is 1.50. The fourth-order valence-corrected chi connectivity index (χ4v) is 2.30. The number of nitrogens with zero attached hydrogens (tertiary/aromatic N) is 3. The van der Waals surface area contributed by atoms with Gasteiger partial charge >= 0.3 is 0 Å². The maximum Gasteiger partial charge on any atom is 0.227 e. The third kappa shape index (κ3) is 3.91. The number of nitrogens with two attached hydrogens (primary N) is 1. The van der Waals surface area contributed by atoms with E-state index in [0.29, 0.717) is 39.9 Å². The zero-order valence-electron chi connectivity index (χ0n) is 11.1. The molecule has 0 bridgehead atoms. The van der Waals surface area contributed by atoms with Gasteiger partial charge in [-0.15, -0.1) is 0 Å². The molecule has 0 aliphatic rings. The van der Waals surface area contributed by atoms with E-state index >= 15 is 0 Å². The summed E-state index contributed by atoms with van der Waals surface area (Å²) in [6.07, 6.45) is 4.17. The number of rotatable bonds is 6. The molecule has 2 aromatic heterocycles. The summed E-state index contributed by atoms with van der Waals surface area (Å²) in [7, 11) is 0. The van der Waals surface area contributed by atoms with E-state index in [-0.39, 0.29) is 0 Å². The first-order valence-electron chi connectivity index (χ1n) is 6.44. The predicted octanol–water partition coefficient (Wildman–Crippen LogP) is 3.36. The number of hydrogen-bond donors (Lipinski definition) is 1. The van der Waals surface area contributed by atoms with Crippen LogP contribution < -0.4 is 5.73 Å². The topological polar surface area (TPSA) is 77.8 Å². The van der Waals surface area contributed by atoms with Gasteiger partial charge in [0.15, 0.2) is 0 Å². The highest BCUT2D eigenvalue weighted by molar-refractivity contribution is 6.35. The molecule has 0 amide bonds. The van der Waals surface area contributed by atoms with E-state index in [4.69, 9.17) is 33.5 Å². The smallest absolute Gasteiger partial charge is 0.227 e. The van der Waals surface area contributed by atoms with Gasteiger partial charge in [-0.1, -0.05) is 35.3 Å². The minimum Gasteiger partial charge on any atom is -0.339 e. The van der Waals surface area contributed by atoms with Gasteiger partial charge in [0.05, 0.1) is 10.0 Å². The predicted molar refractivity (Wildman–Crippen MR) is 78.7 cm³/mol. The fourth-order valence-electron chi connectivity index (χ4n) is 1.83. The van der Waals surface area contributed by atoms with E-state index in [1.165, 1.54) is 6.20 Å². The Kier molecular flexibility index (Phi) is 5.34. The molecule has 0 aliphatic carbocycles. The molecule has 0 aliphatic heterocycles. The van der Waals surface area contributed by atoms with Crippen molar-refractivity contribution in [3.05, 3.63) is 28.2 Å². The molecule has 20 heavy (non-hydrogen) atoms. The lowest BCUT2D eigenvalue weighted by Crippen LogP contribution is -2.06. The van der Waals surface area contributed by atoms with Gasteiger partial charge < -0.3 is 10.3 Å². The van der Waals surface area contributed by atoms with Crippen LogP contribution in [0, 0.1) is 5.92 Å². The van der Waals surface area contributed by atoms with Gasteiger partial charge in [0.25, 0.3) is 0 Å². The van der Waals surface area contributed by atoms with E-state index in [1.54, 1.807) is 6.07 Å². The van der Waals surface area contributed by atoms with Crippen molar-refractivity contribution in [3.63, 3.8) is 0 Å². The van der Waals surface area contributed by atoms with E-state index < -0.39 is 0 Å². The van der Waals surface area contributed by atoms with E-state index in [2.05, 4.69) is 22.0 Å². The Morgan fingerprint density at radius 1 is 1.35 bits per heavy atom. The summed E-state index contributed by atoms with van der Waals surface area (Å²) in [6, 6.07) is 1.60. The van der Waals surface area contributed by atoms with Crippen molar-refractivity contribution < 1.29 is 4.52 Å². The molecular weight excluding hydrogens is 299 g/mol. The van der Waals surface area contributed by atoms with Gasteiger partial charge in [-0.25, -0.2) is 4.98 Å². The van der Waals surface area contributed by atoms with Gasteiger partial charge in [-0.05, 0) is 31.4 Å². The van der Waals surface area contributed by atoms with Crippen molar-refractivity contribution in [2.75, 3.05) is 6.54 Å². The van der Waals surface area contributed by atoms with Crippen LogP contribution in [0.5, 0.6) is 0 Å². The quantitative estimate of drug-likeness (QED) is 0.884. The third-order valence-electron chi connectivity index (χ3n) is 3.00. The summed E-state index contributed by atoms with van der Waals surface area (Å²) in [4.78, 5) is 8.42. The molecule has 0 fully saturated rings. The second-order valence-electron chi connectivity index (χ2n) is 4.72. The molecule has 2 heterocycles. The van der Waals surface area contributed by atoms with Crippen LogP contribution in [0.1, 0.15) is 25.7 Å². The normalized spacial score (nSPS) is 12.6. The van der Waals surface area contributed by atoms with Crippen LogP contribution in [0.2, 0.25) is 10.0 Å². The first-order chi connectivity index (χ1) is 9.60. The lowest BCUT2D eigenvalue weighted by molar-refractivity contribution is 0.362. The van der Waals surface area contributed by atoms with Crippen molar-refractivity contribution in [2.45, 2.75) is 26.2 Å². The first kappa shape index (κ1) is 15.2. The maximum absolute atomic E-state index is 6.06. The highest BCUT2D eigenvalue weighted by atomic mass is 35.5. The lowest BCUT2D eigenvalue weighted by atomic mass is 10.0. The second-order valence-corrected chi connectivity index (χ2v) is 5.56. The van der Waals surface area contributed by atoms with Crippen molar-refractivity contribution in [3.8, 4) is 11.5 Å².